The van der Waals surface area contributed by atoms with Crippen molar-refractivity contribution in [1.29, 1.82) is 0 Å². The van der Waals surface area contributed by atoms with E-state index in [0.29, 0.717) is 6.54 Å². The molecule has 0 saturated carbocycles. The molecule has 4 heteroatoms. The Morgan fingerprint density at radius 2 is 2.43 bits per heavy atom. The number of hydrogen-bond acceptors (Lipinski definition) is 3. The molecule has 4 nitrogen and oxygen atoms in total. The molecular formula is C10H11N3O. The van der Waals surface area contributed by atoms with Gasteiger partial charge in [-0.05, 0) is 12.1 Å². The molecule has 0 radical (unpaired) electrons. The van der Waals surface area contributed by atoms with Crippen molar-refractivity contribution in [1.82, 2.24) is 15.0 Å². The molecule has 0 aliphatic heterocycles. The summed E-state index contributed by atoms with van der Waals surface area (Å²) in [5, 5.41) is 8.03. The minimum atomic E-state index is 0.669. The van der Waals surface area contributed by atoms with Gasteiger partial charge in [-0.3, -0.25) is 0 Å². The molecule has 0 saturated heterocycles. The largest absolute Gasteiger partial charge is 0.497 e. The maximum Gasteiger partial charge on any atom is 0.121 e. The maximum atomic E-state index is 5.09. The number of methoxy groups -OCH3 is 1. The van der Waals surface area contributed by atoms with Crippen LogP contribution in [0.5, 0.6) is 5.75 Å². The molecule has 0 aliphatic rings. The summed E-state index contributed by atoms with van der Waals surface area (Å²) in [5.41, 5.74) is 1.83. The quantitative estimate of drug-likeness (QED) is 0.689. The molecule has 0 spiro atoms. The summed E-state index contributed by atoms with van der Waals surface area (Å²) >= 11 is 0. The molecule has 72 valence electrons. The summed E-state index contributed by atoms with van der Waals surface area (Å²) in [4.78, 5) is 0. The van der Waals surface area contributed by atoms with Crippen molar-refractivity contribution < 1.29 is 4.74 Å². The van der Waals surface area contributed by atoms with Gasteiger partial charge in [0.2, 0.25) is 0 Å². The Kier molecular flexibility index (Phi) is 2.18. The zero-order valence-electron chi connectivity index (χ0n) is 7.97. The second-order valence-electron chi connectivity index (χ2n) is 2.91. The molecule has 0 bridgehead atoms. The molecule has 14 heavy (non-hydrogen) atoms. The third-order valence-corrected chi connectivity index (χ3v) is 2.02. The number of aromatic nitrogens is 3. The molecular weight excluding hydrogens is 178 g/mol. The first-order valence-electron chi connectivity index (χ1n) is 4.33. The predicted octanol–water partition coefficient (Wildman–Crippen LogP) is 1.63. The fourth-order valence-corrected chi connectivity index (χ4v) is 1.34. The average Bonchev–Trinajstić information content (AvgIpc) is 2.61. The van der Waals surface area contributed by atoms with E-state index in [1.54, 1.807) is 17.9 Å². The van der Waals surface area contributed by atoms with E-state index in [9.17, 15) is 0 Å². The number of rotatable bonds is 3. The molecule has 0 amide bonds. The normalized spacial score (nSPS) is 10.4. The summed E-state index contributed by atoms with van der Waals surface area (Å²) in [6.45, 7) is 4.33. The van der Waals surface area contributed by atoms with Gasteiger partial charge in [-0.15, -0.1) is 11.7 Å². The summed E-state index contributed by atoms with van der Waals surface area (Å²) in [7, 11) is 1.63. The van der Waals surface area contributed by atoms with Crippen molar-refractivity contribution in [2.75, 3.05) is 7.11 Å². The van der Waals surface area contributed by atoms with Gasteiger partial charge in [0, 0.05) is 6.07 Å². The first-order valence-corrected chi connectivity index (χ1v) is 4.33. The predicted molar refractivity (Wildman–Crippen MR) is 54.3 cm³/mol. The summed E-state index contributed by atoms with van der Waals surface area (Å²) in [5.74, 6) is 0.795. The van der Waals surface area contributed by atoms with E-state index in [4.69, 9.17) is 4.74 Å². The third kappa shape index (κ3) is 1.35. The van der Waals surface area contributed by atoms with Crippen LogP contribution in [0.25, 0.3) is 11.0 Å². The standard InChI is InChI=1S/C10H11N3O/c1-3-6-13-10-5-4-8(14-2)7-9(10)11-12-13/h3-5,7H,1,6H2,2H3. The van der Waals surface area contributed by atoms with Gasteiger partial charge < -0.3 is 4.74 Å². The summed E-state index contributed by atoms with van der Waals surface area (Å²) in [6.07, 6.45) is 1.79. The number of fused-ring (bicyclic) bond motifs is 1. The van der Waals surface area contributed by atoms with Gasteiger partial charge >= 0.3 is 0 Å². The van der Waals surface area contributed by atoms with Crippen LogP contribution < -0.4 is 4.74 Å². The van der Waals surface area contributed by atoms with Crippen LogP contribution in [0.3, 0.4) is 0 Å². The van der Waals surface area contributed by atoms with Crippen molar-refractivity contribution in [3.63, 3.8) is 0 Å². The van der Waals surface area contributed by atoms with Crippen molar-refractivity contribution in [2.24, 2.45) is 0 Å². The number of benzene rings is 1. The van der Waals surface area contributed by atoms with Gasteiger partial charge in [0.15, 0.2) is 0 Å². The van der Waals surface area contributed by atoms with Crippen LogP contribution >= 0.6 is 0 Å². The Hall–Kier alpha value is -1.84. The average molecular weight is 189 g/mol. The van der Waals surface area contributed by atoms with Crippen LogP contribution in [0.2, 0.25) is 0 Å². The van der Waals surface area contributed by atoms with Gasteiger partial charge in [-0.25, -0.2) is 4.68 Å². The van der Waals surface area contributed by atoms with E-state index < -0.39 is 0 Å². The Morgan fingerprint density at radius 1 is 1.57 bits per heavy atom. The second kappa shape index (κ2) is 3.49. The minimum absolute atomic E-state index is 0.669. The van der Waals surface area contributed by atoms with Gasteiger partial charge in [0.05, 0.1) is 19.2 Å². The van der Waals surface area contributed by atoms with Crippen LogP contribution in [0, 0.1) is 0 Å². The number of allylic oxidation sites excluding steroid dienone is 1. The van der Waals surface area contributed by atoms with Crippen molar-refractivity contribution in [3.8, 4) is 5.75 Å². The van der Waals surface area contributed by atoms with Gasteiger partial charge in [0.25, 0.3) is 0 Å². The molecule has 0 fully saturated rings. The fraction of sp³-hybridized carbons (Fsp3) is 0.200. The molecule has 2 aromatic rings. The molecule has 0 aliphatic carbocycles. The van der Waals surface area contributed by atoms with Crippen molar-refractivity contribution in [3.05, 3.63) is 30.9 Å². The topological polar surface area (TPSA) is 39.9 Å². The summed E-state index contributed by atoms with van der Waals surface area (Å²) < 4.78 is 6.89. The fourth-order valence-electron chi connectivity index (χ4n) is 1.34. The molecule has 0 N–H and O–H groups in total. The Morgan fingerprint density at radius 3 is 3.14 bits per heavy atom. The van der Waals surface area contributed by atoms with Crippen LogP contribution in [0.1, 0.15) is 0 Å². The number of nitrogens with zero attached hydrogens (tertiary/aromatic N) is 3. The third-order valence-electron chi connectivity index (χ3n) is 2.02. The highest BCUT2D eigenvalue weighted by atomic mass is 16.5. The van der Waals surface area contributed by atoms with Gasteiger partial charge in [0.1, 0.15) is 11.3 Å². The van der Waals surface area contributed by atoms with Gasteiger partial charge in [-0.2, -0.15) is 0 Å². The van der Waals surface area contributed by atoms with Gasteiger partial charge in [-0.1, -0.05) is 11.3 Å². The number of ether oxygens (including phenoxy) is 1. The monoisotopic (exact) mass is 189 g/mol. The van der Waals surface area contributed by atoms with E-state index in [2.05, 4.69) is 16.9 Å². The van der Waals surface area contributed by atoms with Crippen LogP contribution in [0.4, 0.5) is 0 Å². The highest BCUT2D eigenvalue weighted by molar-refractivity contribution is 5.76. The molecule has 1 aromatic carbocycles. The Bertz CT molecular complexity index is 461. The molecule has 2 rings (SSSR count). The zero-order valence-corrected chi connectivity index (χ0v) is 7.97. The van der Waals surface area contributed by atoms with E-state index >= 15 is 0 Å². The highest BCUT2D eigenvalue weighted by Crippen LogP contribution is 2.18. The Labute approximate surface area is 81.8 Å². The van der Waals surface area contributed by atoms with E-state index in [1.807, 2.05) is 18.2 Å². The van der Waals surface area contributed by atoms with E-state index in [1.165, 1.54) is 0 Å². The molecule has 1 heterocycles. The van der Waals surface area contributed by atoms with Crippen LogP contribution in [-0.2, 0) is 6.54 Å². The first-order chi connectivity index (χ1) is 6.85. The zero-order chi connectivity index (χ0) is 9.97. The lowest BCUT2D eigenvalue weighted by atomic mass is 10.3. The SMILES string of the molecule is C=CCn1nnc2cc(OC)ccc21. The smallest absolute Gasteiger partial charge is 0.121 e. The van der Waals surface area contributed by atoms with Crippen molar-refractivity contribution in [2.45, 2.75) is 6.54 Å². The second-order valence-corrected chi connectivity index (χ2v) is 2.91. The van der Waals surface area contributed by atoms with Crippen LogP contribution in [-0.4, -0.2) is 22.1 Å². The maximum absolute atomic E-state index is 5.09. The Balaban J connectivity index is 2.53. The molecule has 1 aromatic heterocycles. The van der Waals surface area contributed by atoms with Crippen LogP contribution in [0.15, 0.2) is 30.9 Å². The van der Waals surface area contributed by atoms with E-state index in [-0.39, 0.29) is 0 Å². The minimum Gasteiger partial charge on any atom is -0.497 e. The highest BCUT2D eigenvalue weighted by Gasteiger charge is 2.03. The number of hydrogen-bond donors (Lipinski definition) is 0. The lowest BCUT2D eigenvalue weighted by Gasteiger charge is -1.99. The van der Waals surface area contributed by atoms with Crippen molar-refractivity contribution >= 4 is 11.0 Å². The molecule has 0 unspecified atom stereocenters. The lowest BCUT2D eigenvalue weighted by Crippen LogP contribution is -1.96. The first kappa shape index (κ1) is 8.74. The molecule has 0 atom stereocenters. The summed E-state index contributed by atoms with van der Waals surface area (Å²) in [6, 6.07) is 5.70. The van der Waals surface area contributed by atoms with E-state index in [0.717, 1.165) is 16.8 Å². The lowest BCUT2D eigenvalue weighted by molar-refractivity contribution is 0.415.